The molecule has 0 saturated carbocycles. The van der Waals surface area contributed by atoms with Crippen LogP contribution in [0.25, 0.3) is 0 Å². The van der Waals surface area contributed by atoms with Crippen molar-refractivity contribution in [3.63, 3.8) is 0 Å². The molecule has 0 aromatic carbocycles. The zero-order chi connectivity index (χ0) is 12.3. The first-order chi connectivity index (χ1) is 7.51. The van der Waals surface area contributed by atoms with E-state index in [1.807, 2.05) is 0 Å². The summed E-state index contributed by atoms with van der Waals surface area (Å²) in [6.45, 7) is 0. The number of nitriles is 1. The van der Waals surface area contributed by atoms with Crippen LogP contribution in [0.1, 0.15) is 28.2 Å². The van der Waals surface area contributed by atoms with Crippen LogP contribution in [-0.4, -0.2) is 17.3 Å². The average molecular weight is 247 g/mol. The van der Waals surface area contributed by atoms with Gasteiger partial charge < -0.3 is 4.74 Å². The molecule has 0 fully saturated rings. The normalized spacial score (nSPS) is 10.0. The number of hydrogen-bond donors (Lipinski definition) is 0. The smallest absolute Gasteiger partial charge is 0.281 e. The largest absolute Gasteiger partial charge is 0.496 e. The van der Waals surface area contributed by atoms with Crippen LogP contribution in [0, 0.1) is 11.3 Å². The van der Waals surface area contributed by atoms with Gasteiger partial charge in [-0.15, -0.1) is 0 Å². The molecule has 1 aromatic rings. The molecular formula is C9H5ClF2N2O2. The first kappa shape index (κ1) is 12.3. The number of carbonyl (C=O) groups excluding carboxylic acids is 1. The number of halogens is 3. The highest BCUT2D eigenvalue weighted by Crippen LogP contribution is 2.30. The third kappa shape index (κ3) is 2.25. The Morgan fingerprint density at radius 2 is 2.31 bits per heavy atom. The fourth-order valence-corrected chi connectivity index (χ4v) is 1.30. The highest BCUT2D eigenvalue weighted by molar-refractivity contribution is 6.68. The van der Waals surface area contributed by atoms with Gasteiger partial charge in [-0.3, -0.25) is 4.79 Å². The number of alkyl halides is 2. The Morgan fingerprint density at radius 3 is 2.69 bits per heavy atom. The van der Waals surface area contributed by atoms with E-state index in [4.69, 9.17) is 21.6 Å². The van der Waals surface area contributed by atoms with E-state index in [0.29, 0.717) is 0 Å². The number of pyridine rings is 1. The Hall–Kier alpha value is -1.74. The Kier molecular flexibility index (Phi) is 3.74. The first-order valence-electron chi connectivity index (χ1n) is 3.98. The summed E-state index contributed by atoms with van der Waals surface area (Å²) in [6.07, 6.45) is -3.01. The van der Waals surface area contributed by atoms with Gasteiger partial charge in [-0.2, -0.15) is 5.26 Å². The molecule has 0 bridgehead atoms. The van der Waals surface area contributed by atoms with Crippen molar-refractivity contribution in [3.05, 3.63) is 23.0 Å². The van der Waals surface area contributed by atoms with Gasteiger partial charge in [-0.05, 0) is 11.6 Å². The molecule has 0 aliphatic rings. The molecule has 4 nitrogen and oxygen atoms in total. The van der Waals surface area contributed by atoms with Gasteiger partial charge in [-0.1, -0.05) is 0 Å². The predicted molar refractivity (Wildman–Crippen MR) is 50.6 cm³/mol. The number of carbonyl (C=O) groups is 1. The van der Waals surface area contributed by atoms with Crippen molar-refractivity contribution in [2.24, 2.45) is 0 Å². The summed E-state index contributed by atoms with van der Waals surface area (Å²) in [7, 11) is 1.18. The van der Waals surface area contributed by atoms with Gasteiger partial charge in [0.15, 0.2) is 0 Å². The van der Waals surface area contributed by atoms with Crippen molar-refractivity contribution in [1.82, 2.24) is 4.98 Å². The van der Waals surface area contributed by atoms with Gasteiger partial charge in [0, 0.05) is 6.07 Å². The lowest BCUT2D eigenvalue weighted by Crippen LogP contribution is -2.06. The molecule has 7 heteroatoms. The molecule has 0 atom stereocenters. The summed E-state index contributed by atoms with van der Waals surface area (Å²) in [6, 6.07) is 2.66. The maximum atomic E-state index is 12.6. The van der Waals surface area contributed by atoms with Gasteiger partial charge >= 0.3 is 0 Å². The number of ether oxygens (including phenoxy) is 1. The maximum absolute atomic E-state index is 12.6. The molecule has 0 aliphatic carbocycles. The molecule has 0 aliphatic heterocycles. The molecular weight excluding hydrogens is 242 g/mol. The summed E-state index contributed by atoms with van der Waals surface area (Å²) >= 11 is 5.16. The van der Waals surface area contributed by atoms with Crippen LogP contribution >= 0.6 is 11.6 Å². The molecule has 0 amide bonds. The molecule has 0 unspecified atom stereocenters. The van der Waals surface area contributed by atoms with Crippen molar-refractivity contribution in [2.45, 2.75) is 6.43 Å². The van der Waals surface area contributed by atoms with Crippen molar-refractivity contribution in [2.75, 3.05) is 7.11 Å². The molecule has 16 heavy (non-hydrogen) atoms. The van der Waals surface area contributed by atoms with E-state index in [-0.39, 0.29) is 11.4 Å². The lowest BCUT2D eigenvalue weighted by atomic mass is 10.1. The van der Waals surface area contributed by atoms with E-state index in [9.17, 15) is 13.6 Å². The molecule has 0 N–H and O–H groups in total. The minimum absolute atomic E-state index is 0.193. The lowest BCUT2D eigenvalue weighted by Gasteiger charge is -2.09. The number of methoxy groups -OCH3 is 1. The lowest BCUT2D eigenvalue weighted by molar-refractivity contribution is 0.105. The van der Waals surface area contributed by atoms with E-state index < -0.39 is 22.9 Å². The van der Waals surface area contributed by atoms with Crippen molar-refractivity contribution < 1.29 is 18.3 Å². The highest BCUT2D eigenvalue weighted by atomic mass is 35.5. The third-order valence-corrected chi connectivity index (χ3v) is 1.94. The summed E-state index contributed by atoms with van der Waals surface area (Å²) in [4.78, 5) is 14.3. The molecule has 0 spiro atoms. The number of rotatable bonds is 3. The average Bonchev–Trinajstić information content (AvgIpc) is 2.26. The van der Waals surface area contributed by atoms with Gasteiger partial charge in [-0.25, -0.2) is 13.8 Å². The van der Waals surface area contributed by atoms with E-state index >= 15 is 0 Å². The van der Waals surface area contributed by atoms with Gasteiger partial charge in [0.2, 0.25) is 0 Å². The SMILES string of the molecule is COc1cc(C#N)nc(C(F)F)c1C(=O)Cl. The summed E-state index contributed by atoms with van der Waals surface area (Å²) < 4.78 is 29.9. The zero-order valence-corrected chi connectivity index (χ0v) is 8.76. The predicted octanol–water partition coefficient (Wildman–Crippen LogP) is 2.28. The summed E-state index contributed by atoms with van der Waals surface area (Å²) in [5.74, 6) is -0.193. The molecule has 84 valence electrons. The minimum Gasteiger partial charge on any atom is -0.496 e. The van der Waals surface area contributed by atoms with Crippen LogP contribution in [0.2, 0.25) is 0 Å². The second-order valence-corrected chi connectivity index (χ2v) is 3.00. The molecule has 0 saturated heterocycles. The second kappa shape index (κ2) is 4.86. The van der Waals surface area contributed by atoms with E-state index in [0.717, 1.165) is 6.07 Å². The van der Waals surface area contributed by atoms with Crippen molar-refractivity contribution in [1.29, 1.82) is 5.26 Å². The monoisotopic (exact) mass is 246 g/mol. The fraction of sp³-hybridized carbons (Fsp3) is 0.222. The molecule has 1 rings (SSSR count). The highest BCUT2D eigenvalue weighted by Gasteiger charge is 2.24. The van der Waals surface area contributed by atoms with Gasteiger partial charge in [0.1, 0.15) is 28.8 Å². The van der Waals surface area contributed by atoms with Gasteiger partial charge in [0.25, 0.3) is 11.7 Å². The maximum Gasteiger partial charge on any atom is 0.281 e. The number of aromatic nitrogens is 1. The third-order valence-electron chi connectivity index (χ3n) is 1.75. The molecule has 1 aromatic heterocycles. The fourth-order valence-electron chi connectivity index (χ4n) is 1.11. The van der Waals surface area contributed by atoms with Crippen LogP contribution in [-0.2, 0) is 0 Å². The van der Waals surface area contributed by atoms with Crippen LogP contribution in [0.4, 0.5) is 8.78 Å². The second-order valence-electron chi connectivity index (χ2n) is 2.66. The van der Waals surface area contributed by atoms with Crippen LogP contribution in [0.15, 0.2) is 6.07 Å². The minimum atomic E-state index is -3.01. The van der Waals surface area contributed by atoms with Crippen LogP contribution in [0.3, 0.4) is 0 Å². The van der Waals surface area contributed by atoms with E-state index in [1.54, 1.807) is 6.07 Å². The van der Waals surface area contributed by atoms with E-state index in [2.05, 4.69) is 4.98 Å². The van der Waals surface area contributed by atoms with Crippen LogP contribution in [0.5, 0.6) is 5.75 Å². The first-order valence-corrected chi connectivity index (χ1v) is 4.36. The van der Waals surface area contributed by atoms with Crippen LogP contribution < -0.4 is 4.74 Å². The molecule has 0 radical (unpaired) electrons. The molecule has 1 heterocycles. The van der Waals surface area contributed by atoms with Crippen molar-refractivity contribution >= 4 is 16.8 Å². The topological polar surface area (TPSA) is 63.0 Å². The Bertz CT molecular complexity index is 471. The summed E-state index contributed by atoms with van der Waals surface area (Å²) in [5, 5.41) is 7.46. The number of hydrogen-bond acceptors (Lipinski definition) is 4. The zero-order valence-electron chi connectivity index (χ0n) is 8.00. The Balaban J connectivity index is 3.55. The van der Waals surface area contributed by atoms with Gasteiger partial charge in [0.05, 0.1) is 7.11 Å². The Labute approximate surface area is 94.4 Å². The summed E-state index contributed by atoms with van der Waals surface area (Å²) in [5.41, 5.74) is -1.64. The van der Waals surface area contributed by atoms with Crippen molar-refractivity contribution in [3.8, 4) is 11.8 Å². The Morgan fingerprint density at radius 1 is 1.69 bits per heavy atom. The van der Waals surface area contributed by atoms with E-state index in [1.165, 1.54) is 7.11 Å². The standard InChI is InChI=1S/C9H5ClF2N2O2/c1-16-5-2-4(3-13)14-7(9(11)12)6(5)8(10)15/h2,9H,1H3. The quantitative estimate of drug-likeness (QED) is 0.768. The number of nitrogens with zero attached hydrogens (tertiary/aromatic N) is 2.